The summed E-state index contributed by atoms with van der Waals surface area (Å²) in [6.07, 6.45) is 0. The maximum atomic E-state index is 14.0. The van der Waals surface area contributed by atoms with Crippen LogP contribution in [0.1, 0.15) is 18.5 Å². The third-order valence-corrected chi connectivity index (χ3v) is 3.04. The van der Waals surface area contributed by atoms with E-state index in [-0.39, 0.29) is 11.8 Å². The first-order chi connectivity index (χ1) is 9.49. The van der Waals surface area contributed by atoms with Gasteiger partial charge in [0.25, 0.3) is 0 Å². The van der Waals surface area contributed by atoms with Crippen molar-refractivity contribution in [3.05, 3.63) is 53.8 Å². The number of halogens is 1. The van der Waals surface area contributed by atoms with Crippen LogP contribution in [0.2, 0.25) is 0 Å². The quantitative estimate of drug-likeness (QED) is 0.923. The van der Waals surface area contributed by atoms with E-state index >= 15 is 0 Å². The van der Waals surface area contributed by atoms with Crippen LogP contribution in [0.25, 0.3) is 0 Å². The number of rotatable bonds is 4. The van der Waals surface area contributed by atoms with Crippen molar-refractivity contribution in [1.29, 1.82) is 0 Å². The zero-order valence-electron chi connectivity index (χ0n) is 11.9. The maximum absolute atomic E-state index is 14.0. The fraction of sp³-hybridized carbons (Fsp3) is 0.250. The van der Waals surface area contributed by atoms with Gasteiger partial charge in [-0.2, -0.15) is 0 Å². The molecule has 0 aliphatic heterocycles. The average molecular weight is 274 g/mol. The van der Waals surface area contributed by atoms with Crippen molar-refractivity contribution >= 4 is 5.69 Å². The minimum Gasteiger partial charge on any atom is -0.454 e. The largest absolute Gasteiger partial charge is 0.454 e. The lowest BCUT2D eigenvalue weighted by Crippen LogP contribution is -2.09. The zero-order chi connectivity index (χ0) is 14.7. The highest BCUT2D eigenvalue weighted by Gasteiger charge is 2.14. The fourth-order valence-electron chi connectivity index (χ4n) is 1.93. The SMILES string of the molecule is C[C@@H](N)c1cccc(F)c1Oc1cccc(N(C)C)c1. The standard InChI is InChI=1S/C16H19FN2O/c1-11(18)14-8-5-9-15(17)16(14)20-13-7-4-6-12(10-13)19(2)3/h4-11H,18H2,1-3H3/t11-/m1/s1. The van der Waals surface area contributed by atoms with E-state index in [1.54, 1.807) is 25.1 Å². The first-order valence-corrected chi connectivity index (χ1v) is 6.48. The third-order valence-electron chi connectivity index (χ3n) is 3.04. The molecule has 0 saturated carbocycles. The van der Waals surface area contributed by atoms with Crippen LogP contribution in [0.15, 0.2) is 42.5 Å². The molecule has 2 N–H and O–H groups in total. The Morgan fingerprint density at radius 3 is 2.50 bits per heavy atom. The Kier molecular flexibility index (Phi) is 4.25. The van der Waals surface area contributed by atoms with Gasteiger partial charge in [-0.1, -0.05) is 18.2 Å². The van der Waals surface area contributed by atoms with Crippen molar-refractivity contribution < 1.29 is 9.13 Å². The molecule has 20 heavy (non-hydrogen) atoms. The molecule has 0 fully saturated rings. The van der Waals surface area contributed by atoms with Gasteiger partial charge in [0.2, 0.25) is 0 Å². The second-order valence-electron chi connectivity index (χ2n) is 4.94. The van der Waals surface area contributed by atoms with Crippen molar-refractivity contribution in [2.24, 2.45) is 5.73 Å². The molecule has 2 aromatic carbocycles. The Balaban J connectivity index is 2.37. The molecule has 0 spiro atoms. The van der Waals surface area contributed by atoms with Gasteiger partial charge in [0, 0.05) is 37.5 Å². The first kappa shape index (κ1) is 14.3. The summed E-state index contributed by atoms with van der Waals surface area (Å²) < 4.78 is 19.7. The molecule has 0 amide bonds. The minimum atomic E-state index is -0.407. The highest BCUT2D eigenvalue weighted by atomic mass is 19.1. The van der Waals surface area contributed by atoms with Crippen molar-refractivity contribution in [1.82, 2.24) is 0 Å². The molecule has 4 heteroatoms. The van der Waals surface area contributed by atoms with Crippen LogP contribution in [0.5, 0.6) is 11.5 Å². The Labute approximate surface area is 118 Å². The second kappa shape index (κ2) is 5.92. The third kappa shape index (κ3) is 3.08. The molecule has 1 atom stereocenters. The first-order valence-electron chi connectivity index (χ1n) is 6.48. The van der Waals surface area contributed by atoms with Gasteiger partial charge in [-0.3, -0.25) is 0 Å². The van der Waals surface area contributed by atoms with E-state index in [9.17, 15) is 4.39 Å². The summed E-state index contributed by atoms with van der Waals surface area (Å²) in [5.74, 6) is 0.372. The highest BCUT2D eigenvalue weighted by Crippen LogP contribution is 2.32. The van der Waals surface area contributed by atoms with E-state index in [0.29, 0.717) is 11.3 Å². The molecule has 0 radical (unpaired) electrons. The molecule has 0 aromatic heterocycles. The van der Waals surface area contributed by atoms with Crippen LogP contribution in [0, 0.1) is 5.82 Å². The molecule has 0 unspecified atom stereocenters. The van der Waals surface area contributed by atoms with Gasteiger partial charge in [-0.15, -0.1) is 0 Å². The van der Waals surface area contributed by atoms with Crippen LogP contribution in [0.4, 0.5) is 10.1 Å². The van der Waals surface area contributed by atoms with E-state index < -0.39 is 5.82 Å². The van der Waals surface area contributed by atoms with Crippen LogP contribution in [-0.2, 0) is 0 Å². The Morgan fingerprint density at radius 1 is 1.15 bits per heavy atom. The predicted molar refractivity (Wildman–Crippen MR) is 79.8 cm³/mol. The molecule has 106 valence electrons. The lowest BCUT2D eigenvalue weighted by atomic mass is 10.1. The van der Waals surface area contributed by atoms with Gasteiger partial charge in [0.05, 0.1) is 0 Å². The van der Waals surface area contributed by atoms with Gasteiger partial charge >= 0.3 is 0 Å². The Hall–Kier alpha value is -2.07. The molecule has 0 saturated heterocycles. The van der Waals surface area contributed by atoms with E-state index in [1.807, 2.05) is 37.2 Å². The molecule has 3 nitrogen and oxygen atoms in total. The second-order valence-corrected chi connectivity index (χ2v) is 4.94. The number of nitrogens with two attached hydrogens (primary N) is 1. The normalized spacial score (nSPS) is 12.1. The lowest BCUT2D eigenvalue weighted by molar-refractivity contribution is 0.433. The van der Waals surface area contributed by atoms with Gasteiger partial charge in [-0.25, -0.2) is 4.39 Å². The molecular formula is C16H19FN2O. The van der Waals surface area contributed by atoms with Gasteiger partial charge in [0.15, 0.2) is 11.6 Å². The molecule has 2 aromatic rings. The van der Waals surface area contributed by atoms with E-state index in [1.165, 1.54) is 6.07 Å². The van der Waals surface area contributed by atoms with Crippen LogP contribution >= 0.6 is 0 Å². The number of anilines is 1. The zero-order valence-corrected chi connectivity index (χ0v) is 11.9. The lowest BCUT2D eigenvalue weighted by Gasteiger charge is -2.17. The van der Waals surface area contributed by atoms with Crippen molar-refractivity contribution in [2.45, 2.75) is 13.0 Å². The highest BCUT2D eigenvalue weighted by molar-refractivity contribution is 5.51. The summed E-state index contributed by atoms with van der Waals surface area (Å²) >= 11 is 0. The predicted octanol–water partition coefficient (Wildman–Crippen LogP) is 3.70. The maximum Gasteiger partial charge on any atom is 0.167 e. The molecule has 0 aliphatic carbocycles. The van der Waals surface area contributed by atoms with Gasteiger partial charge in [0.1, 0.15) is 5.75 Å². The molecule has 2 rings (SSSR count). The summed E-state index contributed by atoms with van der Waals surface area (Å²) in [5, 5.41) is 0. The number of nitrogens with zero attached hydrogens (tertiary/aromatic N) is 1. The van der Waals surface area contributed by atoms with Crippen LogP contribution in [-0.4, -0.2) is 14.1 Å². The average Bonchev–Trinajstić information content (AvgIpc) is 2.41. The number of hydrogen-bond donors (Lipinski definition) is 1. The summed E-state index contributed by atoms with van der Waals surface area (Å²) in [4.78, 5) is 1.96. The summed E-state index contributed by atoms with van der Waals surface area (Å²) in [7, 11) is 3.88. The molecule has 0 bridgehead atoms. The topological polar surface area (TPSA) is 38.5 Å². The molecule has 0 heterocycles. The van der Waals surface area contributed by atoms with Crippen molar-refractivity contribution in [3.8, 4) is 11.5 Å². The van der Waals surface area contributed by atoms with Crippen LogP contribution in [0.3, 0.4) is 0 Å². The van der Waals surface area contributed by atoms with E-state index in [2.05, 4.69) is 0 Å². The summed E-state index contributed by atoms with van der Waals surface area (Å²) in [6, 6.07) is 12.0. The van der Waals surface area contributed by atoms with Crippen molar-refractivity contribution in [2.75, 3.05) is 19.0 Å². The Morgan fingerprint density at radius 2 is 1.85 bits per heavy atom. The van der Waals surface area contributed by atoms with Crippen molar-refractivity contribution in [3.63, 3.8) is 0 Å². The summed E-state index contributed by atoms with van der Waals surface area (Å²) in [6.45, 7) is 1.80. The van der Waals surface area contributed by atoms with Gasteiger partial charge in [-0.05, 0) is 25.1 Å². The number of para-hydroxylation sites is 1. The van der Waals surface area contributed by atoms with E-state index in [0.717, 1.165) is 5.69 Å². The number of hydrogen-bond acceptors (Lipinski definition) is 3. The fourth-order valence-corrected chi connectivity index (χ4v) is 1.93. The Bertz CT molecular complexity index is 597. The van der Waals surface area contributed by atoms with Crippen LogP contribution < -0.4 is 15.4 Å². The molecular weight excluding hydrogens is 255 g/mol. The molecule has 0 aliphatic rings. The minimum absolute atomic E-state index is 0.193. The number of ether oxygens (including phenoxy) is 1. The monoisotopic (exact) mass is 274 g/mol. The summed E-state index contributed by atoms with van der Waals surface area (Å²) in [5.41, 5.74) is 7.50. The number of benzene rings is 2. The van der Waals surface area contributed by atoms with E-state index in [4.69, 9.17) is 10.5 Å². The smallest absolute Gasteiger partial charge is 0.167 e. The van der Waals surface area contributed by atoms with Gasteiger partial charge < -0.3 is 15.4 Å².